The second-order valence-electron chi connectivity index (χ2n) is 16.3. The van der Waals surface area contributed by atoms with E-state index in [0.29, 0.717) is 30.2 Å². The molecule has 1 aromatic heterocycles. The molecule has 3 aliphatic rings. The number of amides is 3. The van der Waals surface area contributed by atoms with Gasteiger partial charge in [0.25, 0.3) is 0 Å². The first-order chi connectivity index (χ1) is 29.0. The van der Waals surface area contributed by atoms with Crippen LogP contribution in [0.2, 0.25) is 0 Å². The lowest BCUT2D eigenvalue weighted by Gasteiger charge is -2.30. The number of esters is 1. The van der Waals surface area contributed by atoms with Crippen LogP contribution in [0.5, 0.6) is 0 Å². The second kappa shape index (κ2) is 19.2. The van der Waals surface area contributed by atoms with Gasteiger partial charge in [0.2, 0.25) is 11.8 Å². The number of aromatic amines is 1. The van der Waals surface area contributed by atoms with E-state index in [4.69, 9.17) is 14.5 Å². The van der Waals surface area contributed by atoms with E-state index in [0.717, 1.165) is 40.8 Å². The van der Waals surface area contributed by atoms with Crippen LogP contribution in [-0.2, 0) is 23.9 Å². The number of benzene rings is 2. The highest BCUT2D eigenvalue weighted by Gasteiger charge is 2.44. The molecule has 6 rings (SSSR count). The van der Waals surface area contributed by atoms with Gasteiger partial charge in [0.1, 0.15) is 11.9 Å². The van der Waals surface area contributed by atoms with Crippen molar-refractivity contribution in [3.8, 4) is 23.1 Å². The lowest BCUT2D eigenvalue weighted by Crippen LogP contribution is -2.51. The topological polar surface area (TPSA) is 150 Å². The van der Waals surface area contributed by atoms with Crippen LogP contribution in [0.25, 0.3) is 17.0 Å². The molecule has 0 spiro atoms. The van der Waals surface area contributed by atoms with Crippen molar-refractivity contribution in [3.05, 3.63) is 83.3 Å². The van der Waals surface area contributed by atoms with Crippen molar-refractivity contribution in [3.63, 3.8) is 0 Å². The number of nitrogens with one attached hydrogen (secondary N) is 2. The van der Waals surface area contributed by atoms with Crippen LogP contribution in [0.4, 0.5) is 18.0 Å². The molecule has 0 saturated carbocycles. The number of likely N-dealkylation sites (tertiary alicyclic amines) is 1. The van der Waals surface area contributed by atoms with Crippen LogP contribution in [0.1, 0.15) is 81.9 Å². The van der Waals surface area contributed by atoms with Gasteiger partial charge in [-0.2, -0.15) is 13.2 Å². The van der Waals surface area contributed by atoms with Gasteiger partial charge in [-0.05, 0) is 60.1 Å². The Kier molecular flexibility index (Phi) is 14.0. The third-order valence-electron chi connectivity index (χ3n) is 11.3. The highest BCUT2D eigenvalue weighted by Crippen LogP contribution is 2.34. The number of alkyl carbamates (subject to hydrolysis) is 1. The molecule has 16 heteroatoms. The van der Waals surface area contributed by atoms with Gasteiger partial charge >= 0.3 is 18.2 Å². The van der Waals surface area contributed by atoms with Gasteiger partial charge in [-0.15, -0.1) is 0 Å². The van der Waals surface area contributed by atoms with Crippen LogP contribution in [0.15, 0.2) is 65.8 Å². The smallest absolute Gasteiger partial charge is 0.407 e. The summed E-state index contributed by atoms with van der Waals surface area (Å²) in [6, 6.07) is 13.6. The van der Waals surface area contributed by atoms with Gasteiger partial charge in [-0.25, -0.2) is 9.78 Å². The number of carbonyl (C=O) groups excluding carboxylic acids is 4. The van der Waals surface area contributed by atoms with Crippen LogP contribution in [0, 0.1) is 29.6 Å². The Morgan fingerprint density at radius 1 is 0.885 bits per heavy atom. The second-order valence-corrected chi connectivity index (χ2v) is 16.3. The Morgan fingerprint density at radius 3 is 2.13 bits per heavy atom. The van der Waals surface area contributed by atoms with Crippen LogP contribution in [-0.4, -0.2) is 113 Å². The zero-order chi connectivity index (χ0) is 44.0. The molecule has 2 N–H and O–H groups in total. The Labute approximate surface area is 353 Å². The Balaban J connectivity index is 1.10. The lowest BCUT2D eigenvalue weighted by molar-refractivity contribution is -0.151. The Bertz CT molecular complexity index is 2200. The predicted octanol–water partition coefficient (Wildman–Crippen LogP) is 6.57. The molecule has 2 fully saturated rings. The molecule has 324 valence electrons. The number of nitrogens with zero attached hydrogens (tertiary/aromatic N) is 5. The molecule has 4 heterocycles. The number of aromatic nitrogens is 2. The zero-order valence-electron chi connectivity index (χ0n) is 35.2. The van der Waals surface area contributed by atoms with E-state index >= 15 is 0 Å². The average molecular weight is 844 g/mol. The summed E-state index contributed by atoms with van der Waals surface area (Å²) >= 11 is 0. The van der Waals surface area contributed by atoms with E-state index in [-0.39, 0.29) is 43.4 Å². The number of rotatable bonds is 12. The molecule has 4 atom stereocenters. The number of methoxy groups -OCH3 is 2. The van der Waals surface area contributed by atoms with E-state index in [1.54, 1.807) is 24.9 Å². The van der Waals surface area contributed by atoms with Gasteiger partial charge in [0, 0.05) is 36.3 Å². The third kappa shape index (κ3) is 10.9. The molecule has 0 bridgehead atoms. The fraction of sp³-hybridized carbons (Fsp3) is 0.467. The summed E-state index contributed by atoms with van der Waals surface area (Å²) in [6.45, 7) is 6.52. The van der Waals surface area contributed by atoms with Crippen molar-refractivity contribution in [2.75, 3.05) is 40.5 Å². The number of hydrogen-bond donors (Lipinski definition) is 2. The first kappa shape index (κ1) is 44.6. The normalized spacial score (nSPS) is 19.0. The van der Waals surface area contributed by atoms with E-state index < -0.39 is 48.7 Å². The van der Waals surface area contributed by atoms with Gasteiger partial charge in [0.05, 0.1) is 69.4 Å². The minimum atomic E-state index is -4.44. The van der Waals surface area contributed by atoms with Crippen molar-refractivity contribution >= 4 is 35.3 Å². The molecule has 3 aromatic rings. The van der Waals surface area contributed by atoms with Crippen molar-refractivity contribution in [1.29, 1.82) is 0 Å². The highest BCUT2D eigenvalue weighted by molar-refractivity contribution is 6.02. The number of hydrogen-bond acceptors (Lipinski definition) is 9. The first-order valence-corrected chi connectivity index (χ1v) is 20.4. The summed E-state index contributed by atoms with van der Waals surface area (Å²) in [7, 11) is 2.51. The average Bonchev–Trinajstić information content (AvgIpc) is 4.07. The summed E-state index contributed by atoms with van der Waals surface area (Å²) in [5.41, 5.74) is 5.33. The standard InChI is InChI=1S/C45H52F3N7O6/c1-27(2)33(22-39(56)60-5)42(57)55-26-53(25-45(46,47)48)24-38(55)35-20-19-34(50-35)31-15-11-29(12-16-31)9-10-30-13-17-32(18-14-30)36-23-49-41(51-36)37-8-7-21-54(37)43(58)40(28(3)4)52-44(59)61-6/h11-19,23,27-28,33,37-38,40H,7-8,20-22,24-26H2,1-6H3,(H,49,51)(H,52,59)/t33-,37-,38-,40-/m0/s1. The molecule has 61 heavy (non-hydrogen) atoms. The monoisotopic (exact) mass is 843 g/mol. The van der Waals surface area contributed by atoms with Crippen LogP contribution >= 0.6 is 0 Å². The molecule has 3 aliphatic heterocycles. The lowest BCUT2D eigenvalue weighted by atomic mass is 9.90. The maximum Gasteiger partial charge on any atom is 0.407 e. The van der Waals surface area contributed by atoms with E-state index in [1.165, 1.54) is 24.0 Å². The summed E-state index contributed by atoms with van der Waals surface area (Å²) < 4.78 is 49.9. The molecule has 0 radical (unpaired) electrons. The van der Waals surface area contributed by atoms with E-state index in [9.17, 15) is 32.3 Å². The maximum atomic E-state index is 13.8. The Hall–Kier alpha value is -5.95. The van der Waals surface area contributed by atoms with Gasteiger partial charge in [-0.1, -0.05) is 69.9 Å². The number of halogens is 3. The summed E-state index contributed by atoms with van der Waals surface area (Å²) in [5.74, 6) is 4.82. The van der Waals surface area contributed by atoms with Gasteiger partial charge < -0.3 is 29.6 Å². The maximum absolute atomic E-state index is 13.8. The number of carbonyl (C=O) groups is 4. The molecular formula is C45H52F3N7O6. The molecule has 3 amide bonds. The van der Waals surface area contributed by atoms with Gasteiger partial charge in [-0.3, -0.25) is 24.3 Å². The molecular weight excluding hydrogens is 792 g/mol. The minimum absolute atomic E-state index is 0.0219. The highest BCUT2D eigenvalue weighted by atomic mass is 19.4. The first-order valence-electron chi connectivity index (χ1n) is 20.4. The number of ether oxygens (including phenoxy) is 2. The largest absolute Gasteiger partial charge is 0.469 e. The van der Waals surface area contributed by atoms with E-state index in [2.05, 4.69) is 27.1 Å². The Morgan fingerprint density at radius 2 is 1.54 bits per heavy atom. The third-order valence-corrected chi connectivity index (χ3v) is 11.3. The summed E-state index contributed by atoms with van der Waals surface area (Å²) in [6.07, 6.45) is 0.336. The zero-order valence-corrected chi connectivity index (χ0v) is 35.2. The SMILES string of the molecule is COC(=O)C[C@H](C(=O)N1CN(CC(F)(F)F)C[C@H]1C1=NC(c2ccc(C#Cc3ccc(-c4cnc([C@@H]5CCCN5C(=O)[C@@H](NC(=O)OC)C(C)C)[nH]4)cc3)cc2)=CC1)C(C)C. The number of allylic oxidation sites excluding steroid dienone is 1. The van der Waals surface area contributed by atoms with Gasteiger partial charge in [0.15, 0.2) is 0 Å². The molecule has 13 nitrogen and oxygen atoms in total. The van der Waals surface area contributed by atoms with E-state index in [1.807, 2.05) is 68.5 Å². The van der Waals surface area contributed by atoms with Crippen molar-refractivity contribution < 1.29 is 41.8 Å². The number of aliphatic imine (C=N–C) groups is 1. The fourth-order valence-corrected chi connectivity index (χ4v) is 7.96. The van der Waals surface area contributed by atoms with Crippen molar-refractivity contribution in [2.24, 2.45) is 22.7 Å². The minimum Gasteiger partial charge on any atom is -0.469 e. The summed E-state index contributed by atoms with van der Waals surface area (Å²) in [5, 5.41) is 2.67. The fourth-order valence-electron chi connectivity index (χ4n) is 7.96. The predicted molar refractivity (Wildman–Crippen MR) is 222 cm³/mol. The number of H-pyrrole nitrogens is 1. The molecule has 2 saturated heterocycles. The van der Waals surface area contributed by atoms with Crippen LogP contribution in [0.3, 0.4) is 0 Å². The quantitative estimate of drug-likeness (QED) is 0.154. The van der Waals surface area contributed by atoms with Crippen LogP contribution < -0.4 is 5.32 Å². The van der Waals surface area contributed by atoms with Crippen molar-refractivity contribution in [2.45, 2.75) is 77.7 Å². The molecule has 0 unspecified atom stereocenters. The molecule has 0 aliphatic carbocycles. The van der Waals surface area contributed by atoms with Crippen molar-refractivity contribution in [1.82, 2.24) is 30.0 Å². The summed E-state index contributed by atoms with van der Waals surface area (Å²) in [4.78, 5) is 68.6. The number of imidazole rings is 1. The number of alkyl halides is 3. The molecule has 2 aromatic carbocycles.